The monoisotopic (exact) mass is 432 g/mol. The van der Waals surface area contributed by atoms with Crippen LogP contribution < -0.4 is 4.90 Å². The maximum atomic E-state index is 13.1. The zero-order valence-corrected chi connectivity index (χ0v) is 16.4. The molecule has 6 nitrogen and oxygen atoms in total. The number of morpholine rings is 1. The quantitative estimate of drug-likeness (QED) is 0.736. The van der Waals surface area contributed by atoms with Gasteiger partial charge in [-0.05, 0) is 23.8 Å². The lowest BCUT2D eigenvalue weighted by atomic mass is 10.1. The summed E-state index contributed by atoms with van der Waals surface area (Å²) in [5, 5.41) is 8.97. The lowest BCUT2D eigenvalue weighted by Gasteiger charge is -2.33. The van der Waals surface area contributed by atoms with Gasteiger partial charge in [0.15, 0.2) is 5.78 Å². The van der Waals surface area contributed by atoms with Crippen molar-refractivity contribution in [1.82, 2.24) is 4.90 Å². The van der Waals surface area contributed by atoms with Crippen molar-refractivity contribution in [3.05, 3.63) is 64.1 Å². The molecule has 0 radical (unpaired) electrons. The van der Waals surface area contributed by atoms with E-state index >= 15 is 0 Å². The molecular formula is C20H21BrN2O4. The van der Waals surface area contributed by atoms with Gasteiger partial charge in [-0.3, -0.25) is 9.69 Å². The van der Waals surface area contributed by atoms with Gasteiger partial charge in [-0.25, -0.2) is 4.79 Å². The summed E-state index contributed by atoms with van der Waals surface area (Å²) in [6, 6.07) is 14.5. The smallest absolute Gasteiger partial charge is 0.324 e. The highest BCUT2D eigenvalue weighted by molar-refractivity contribution is 9.10. The third kappa shape index (κ3) is 4.94. The molecule has 27 heavy (non-hydrogen) atoms. The number of carbonyl (C=O) groups excluding carboxylic acids is 2. The van der Waals surface area contributed by atoms with Gasteiger partial charge in [-0.2, -0.15) is 0 Å². The van der Waals surface area contributed by atoms with E-state index in [0.717, 1.165) is 15.7 Å². The molecule has 0 atom stereocenters. The molecule has 0 bridgehead atoms. The van der Waals surface area contributed by atoms with Crippen molar-refractivity contribution < 1.29 is 19.4 Å². The molecule has 7 heteroatoms. The van der Waals surface area contributed by atoms with Crippen LogP contribution in [0.3, 0.4) is 0 Å². The van der Waals surface area contributed by atoms with Gasteiger partial charge in [0, 0.05) is 28.8 Å². The number of urea groups is 1. The van der Waals surface area contributed by atoms with Crippen molar-refractivity contribution >= 4 is 33.4 Å². The second-order valence-corrected chi connectivity index (χ2v) is 7.14. The first-order valence-electron chi connectivity index (χ1n) is 8.71. The molecule has 1 aliphatic heterocycles. The van der Waals surface area contributed by atoms with E-state index in [4.69, 9.17) is 9.84 Å². The van der Waals surface area contributed by atoms with Crippen LogP contribution in [-0.4, -0.2) is 54.7 Å². The number of amides is 2. The third-order valence-electron chi connectivity index (χ3n) is 4.39. The van der Waals surface area contributed by atoms with E-state index in [9.17, 15) is 9.59 Å². The van der Waals surface area contributed by atoms with Crippen molar-refractivity contribution in [3.8, 4) is 0 Å². The van der Waals surface area contributed by atoms with Gasteiger partial charge in [0.1, 0.15) is 6.61 Å². The van der Waals surface area contributed by atoms with Crippen molar-refractivity contribution in [3.63, 3.8) is 0 Å². The minimum Gasteiger partial charge on any atom is -0.388 e. The third-order valence-corrected chi connectivity index (χ3v) is 4.89. The molecule has 142 valence electrons. The van der Waals surface area contributed by atoms with Crippen LogP contribution in [0.4, 0.5) is 10.5 Å². The van der Waals surface area contributed by atoms with Gasteiger partial charge in [-0.1, -0.05) is 46.3 Å². The second kappa shape index (κ2) is 9.12. The Morgan fingerprint density at radius 3 is 2.44 bits per heavy atom. The maximum Gasteiger partial charge on any atom is 0.324 e. The number of Topliss-reactive ketones (excluding diaryl/α,β-unsaturated/α-hetero) is 1. The predicted molar refractivity (Wildman–Crippen MR) is 106 cm³/mol. The van der Waals surface area contributed by atoms with Crippen LogP contribution in [0.1, 0.15) is 15.9 Å². The Morgan fingerprint density at radius 1 is 1.11 bits per heavy atom. The molecule has 1 N–H and O–H groups in total. The van der Waals surface area contributed by atoms with Gasteiger partial charge in [0.25, 0.3) is 0 Å². The van der Waals surface area contributed by atoms with E-state index in [1.165, 1.54) is 0 Å². The van der Waals surface area contributed by atoms with Crippen LogP contribution in [0.2, 0.25) is 0 Å². The molecule has 1 heterocycles. The number of benzene rings is 2. The van der Waals surface area contributed by atoms with Gasteiger partial charge in [0.2, 0.25) is 0 Å². The fraction of sp³-hybridized carbons (Fsp3) is 0.300. The molecule has 2 aromatic rings. The summed E-state index contributed by atoms with van der Waals surface area (Å²) in [5.74, 6) is -0.324. The maximum absolute atomic E-state index is 13.1. The largest absolute Gasteiger partial charge is 0.388 e. The van der Waals surface area contributed by atoms with E-state index in [1.54, 1.807) is 34.1 Å². The molecule has 3 rings (SSSR count). The number of hydrogen-bond acceptors (Lipinski definition) is 4. The molecule has 1 fully saturated rings. The van der Waals surface area contributed by atoms with E-state index in [1.807, 2.05) is 24.3 Å². The highest BCUT2D eigenvalue weighted by atomic mass is 79.9. The summed E-state index contributed by atoms with van der Waals surface area (Å²) >= 11 is 3.46. The van der Waals surface area contributed by atoms with E-state index in [2.05, 4.69) is 15.9 Å². The van der Waals surface area contributed by atoms with Gasteiger partial charge in [0.05, 0.1) is 19.8 Å². The van der Waals surface area contributed by atoms with Crippen LogP contribution in [0, 0.1) is 0 Å². The number of ketones is 1. The van der Waals surface area contributed by atoms with Crippen LogP contribution in [0.25, 0.3) is 0 Å². The molecule has 0 aromatic heterocycles. The van der Waals surface area contributed by atoms with Crippen molar-refractivity contribution in [2.24, 2.45) is 0 Å². The summed E-state index contributed by atoms with van der Waals surface area (Å²) in [5.41, 5.74) is 2.14. The SMILES string of the molecule is O=C(CO)c1ccc(CN(C(=O)N2CCOCC2)c2cccc(Br)c2)cc1. The first-order valence-corrected chi connectivity index (χ1v) is 9.50. The Hall–Kier alpha value is -2.22. The fourth-order valence-corrected chi connectivity index (χ4v) is 3.30. The first-order chi connectivity index (χ1) is 13.1. The number of hydrogen-bond donors (Lipinski definition) is 1. The van der Waals surface area contributed by atoms with E-state index in [-0.39, 0.29) is 11.8 Å². The standard InChI is InChI=1S/C20H21BrN2O4/c21-17-2-1-3-18(12-17)23(20(26)22-8-10-27-11-9-22)13-15-4-6-16(7-5-15)19(25)14-24/h1-7,12,24H,8-11,13-14H2. The number of rotatable bonds is 5. The van der Waals surface area contributed by atoms with Crippen LogP contribution in [0.15, 0.2) is 53.0 Å². The first kappa shape index (κ1) is 19.5. The Kier molecular flexibility index (Phi) is 6.60. The van der Waals surface area contributed by atoms with Gasteiger partial charge < -0.3 is 14.7 Å². The summed E-state index contributed by atoms with van der Waals surface area (Å²) < 4.78 is 6.24. The number of carbonyl (C=O) groups is 2. The zero-order valence-electron chi connectivity index (χ0n) is 14.8. The van der Waals surface area contributed by atoms with Gasteiger partial charge in [-0.15, -0.1) is 0 Å². The molecule has 0 aliphatic carbocycles. The Bertz CT molecular complexity index is 804. The highest BCUT2D eigenvalue weighted by Gasteiger charge is 2.24. The van der Waals surface area contributed by atoms with Crippen molar-refractivity contribution in [2.75, 3.05) is 37.8 Å². The van der Waals surface area contributed by atoms with Crippen LogP contribution >= 0.6 is 15.9 Å². The number of nitrogens with zero attached hydrogens (tertiary/aromatic N) is 2. The van der Waals surface area contributed by atoms with E-state index < -0.39 is 6.61 Å². The molecule has 0 spiro atoms. The van der Waals surface area contributed by atoms with Crippen LogP contribution in [0.5, 0.6) is 0 Å². The number of aliphatic hydroxyl groups excluding tert-OH is 1. The zero-order chi connectivity index (χ0) is 19.2. The Labute approximate surface area is 166 Å². The molecule has 0 saturated carbocycles. The molecule has 2 amide bonds. The summed E-state index contributed by atoms with van der Waals surface area (Å²) in [4.78, 5) is 28.2. The summed E-state index contributed by atoms with van der Waals surface area (Å²) in [7, 11) is 0. The van der Waals surface area contributed by atoms with Crippen molar-refractivity contribution in [2.45, 2.75) is 6.54 Å². The number of anilines is 1. The average Bonchev–Trinajstić information content (AvgIpc) is 2.72. The normalized spacial score (nSPS) is 14.1. The summed E-state index contributed by atoms with van der Waals surface area (Å²) in [6.45, 7) is 2.06. The second-order valence-electron chi connectivity index (χ2n) is 6.23. The van der Waals surface area contributed by atoms with Crippen LogP contribution in [-0.2, 0) is 11.3 Å². The number of aliphatic hydroxyl groups is 1. The predicted octanol–water partition coefficient (Wildman–Crippen LogP) is 3.08. The molecule has 0 unspecified atom stereocenters. The lowest BCUT2D eigenvalue weighted by Crippen LogP contribution is -2.48. The minimum atomic E-state index is -0.515. The summed E-state index contributed by atoms with van der Waals surface area (Å²) in [6.07, 6.45) is 0. The molecule has 2 aromatic carbocycles. The Balaban J connectivity index is 1.85. The number of halogens is 1. The minimum absolute atomic E-state index is 0.0769. The topological polar surface area (TPSA) is 70.1 Å². The van der Waals surface area contributed by atoms with E-state index in [0.29, 0.717) is 38.4 Å². The van der Waals surface area contributed by atoms with Gasteiger partial charge >= 0.3 is 6.03 Å². The molecule has 1 saturated heterocycles. The molecular weight excluding hydrogens is 412 g/mol. The number of ether oxygens (including phenoxy) is 1. The average molecular weight is 433 g/mol. The molecule has 1 aliphatic rings. The fourth-order valence-electron chi connectivity index (χ4n) is 2.91. The lowest BCUT2D eigenvalue weighted by molar-refractivity contribution is 0.0548. The van der Waals surface area contributed by atoms with Crippen molar-refractivity contribution in [1.29, 1.82) is 0 Å². The Morgan fingerprint density at radius 2 is 1.81 bits per heavy atom. The highest BCUT2D eigenvalue weighted by Crippen LogP contribution is 2.24.